The van der Waals surface area contributed by atoms with E-state index < -0.39 is 0 Å². The quantitative estimate of drug-likeness (QED) is 0.110. The van der Waals surface area contributed by atoms with Crippen LogP contribution in [-0.4, -0.2) is 56.6 Å². The number of nitrogens with zero attached hydrogens (tertiary/aromatic N) is 1. The van der Waals surface area contributed by atoms with Gasteiger partial charge in [-0.25, -0.2) is 4.98 Å². The van der Waals surface area contributed by atoms with Gasteiger partial charge in [-0.05, 0) is 59.3 Å². The number of methoxy groups -OCH3 is 2. The number of hydrogen-bond acceptors (Lipinski definition) is 7. The zero-order valence-corrected chi connectivity index (χ0v) is 29.1. The van der Waals surface area contributed by atoms with Crippen molar-refractivity contribution in [1.29, 1.82) is 0 Å². The van der Waals surface area contributed by atoms with Gasteiger partial charge in [-0.2, -0.15) is 0 Å². The van der Waals surface area contributed by atoms with E-state index in [1.54, 1.807) is 14.2 Å². The van der Waals surface area contributed by atoms with Crippen molar-refractivity contribution < 1.29 is 23.7 Å². The maximum atomic E-state index is 6.71. The lowest BCUT2D eigenvalue weighted by atomic mass is 9.77. The zero-order valence-electron chi connectivity index (χ0n) is 27.4. The number of para-hydroxylation sites is 1. The number of nitrogens with one attached hydrogen (secondary N) is 2. The smallest absolute Gasteiger partial charge is 0.127 e. The number of aromatic nitrogens is 2. The van der Waals surface area contributed by atoms with Crippen LogP contribution < -0.4 is 19.5 Å². The first-order valence-corrected chi connectivity index (χ1v) is 16.0. The van der Waals surface area contributed by atoms with Gasteiger partial charge in [0.2, 0.25) is 0 Å². The second-order valence-corrected chi connectivity index (χ2v) is 11.7. The summed E-state index contributed by atoms with van der Waals surface area (Å²) in [4.78, 5) is 7.82. The fraction of sp³-hybridized carbons (Fsp3) is 0.342. The number of ether oxygens (including phenoxy) is 5. The van der Waals surface area contributed by atoms with E-state index in [4.69, 9.17) is 23.7 Å². The van der Waals surface area contributed by atoms with E-state index in [0.717, 1.165) is 70.9 Å². The molecule has 6 rings (SSSR count). The monoisotopic (exact) mass is 693 g/mol. The molecule has 1 fully saturated rings. The number of imidazole rings is 1. The van der Waals surface area contributed by atoms with Crippen molar-refractivity contribution in [2.75, 3.05) is 40.5 Å². The largest absolute Gasteiger partial charge is 0.496 e. The summed E-state index contributed by atoms with van der Waals surface area (Å²) in [5, 5.41) is 5.87. The van der Waals surface area contributed by atoms with Crippen molar-refractivity contribution in [1.82, 2.24) is 15.3 Å². The van der Waals surface area contributed by atoms with E-state index in [0.29, 0.717) is 32.3 Å². The standard InChI is InChI=1S/C38H43N3O5.2ClH/c1-42-34-11-6-4-9-30(34)26-44-18-7-19-45-32-14-12-28(13-15-32)38-31(22-37-40-16-17-41-37)23-39-24-36(38)46-25-27-20-29-8-3-5-10-33(29)35(21-27)43-2;;/h3-6,8-17,20-21,31,36,38-39H,7,18-19,22-26H2,1-2H3,(H,40,41);2*1H/t31-,36+,38+;;/m1../s1. The molecular formula is C38H45Cl2N3O5. The molecule has 2 N–H and O–H groups in total. The normalized spacial score (nSPS) is 17.2. The summed E-state index contributed by atoms with van der Waals surface area (Å²) in [7, 11) is 3.40. The third-order valence-corrected chi connectivity index (χ3v) is 8.66. The molecule has 4 aromatic carbocycles. The fourth-order valence-electron chi connectivity index (χ4n) is 6.41. The molecule has 1 aliphatic rings. The number of benzene rings is 4. The second-order valence-electron chi connectivity index (χ2n) is 11.7. The molecule has 3 atom stereocenters. The molecular weight excluding hydrogens is 649 g/mol. The molecule has 0 aliphatic carbocycles. The fourth-order valence-corrected chi connectivity index (χ4v) is 6.41. The number of H-pyrrole nitrogens is 1. The summed E-state index contributed by atoms with van der Waals surface area (Å²) in [5.74, 6) is 4.05. The van der Waals surface area contributed by atoms with Crippen LogP contribution in [0, 0.1) is 5.92 Å². The van der Waals surface area contributed by atoms with Crippen molar-refractivity contribution in [3.8, 4) is 17.2 Å². The molecule has 8 nitrogen and oxygen atoms in total. The van der Waals surface area contributed by atoms with E-state index in [-0.39, 0.29) is 36.8 Å². The Morgan fingerprint density at radius 3 is 2.40 bits per heavy atom. The summed E-state index contributed by atoms with van der Waals surface area (Å²) < 4.78 is 29.8. The van der Waals surface area contributed by atoms with Crippen LogP contribution in [0.1, 0.15) is 34.9 Å². The molecule has 1 aromatic heterocycles. The van der Waals surface area contributed by atoms with Crippen molar-refractivity contribution in [3.63, 3.8) is 0 Å². The van der Waals surface area contributed by atoms with Gasteiger partial charge in [-0.1, -0.05) is 54.6 Å². The Kier molecular flexibility index (Phi) is 14.4. The molecule has 0 spiro atoms. The Labute approximate surface area is 295 Å². The maximum absolute atomic E-state index is 6.71. The summed E-state index contributed by atoms with van der Waals surface area (Å²) >= 11 is 0. The van der Waals surface area contributed by atoms with Crippen LogP contribution in [-0.2, 0) is 29.1 Å². The highest BCUT2D eigenvalue weighted by atomic mass is 35.5. The van der Waals surface area contributed by atoms with Crippen molar-refractivity contribution in [3.05, 3.63) is 120 Å². The third kappa shape index (κ3) is 9.43. The van der Waals surface area contributed by atoms with Gasteiger partial charge in [-0.3, -0.25) is 0 Å². The predicted octanol–water partition coefficient (Wildman–Crippen LogP) is 7.54. The number of hydrogen-bond donors (Lipinski definition) is 2. The Hall–Kier alpha value is -3.79. The van der Waals surface area contributed by atoms with Crippen LogP contribution in [0.5, 0.6) is 17.2 Å². The minimum atomic E-state index is -0.0154. The lowest BCUT2D eigenvalue weighted by Crippen LogP contribution is -2.47. The number of fused-ring (bicyclic) bond motifs is 1. The van der Waals surface area contributed by atoms with E-state index in [9.17, 15) is 0 Å². The summed E-state index contributed by atoms with van der Waals surface area (Å²) in [6.07, 6.45) is 5.32. The molecule has 48 heavy (non-hydrogen) atoms. The van der Waals surface area contributed by atoms with E-state index in [2.05, 4.69) is 69.9 Å². The van der Waals surface area contributed by atoms with Crippen LogP contribution >= 0.6 is 24.8 Å². The summed E-state index contributed by atoms with van der Waals surface area (Å²) in [6.45, 7) is 3.88. The minimum absolute atomic E-state index is 0. The first kappa shape index (κ1) is 37.0. The number of halogens is 2. The minimum Gasteiger partial charge on any atom is -0.496 e. The highest BCUT2D eigenvalue weighted by Gasteiger charge is 2.35. The van der Waals surface area contributed by atoms with Crippen LogP contribution in [0.2, 0.25) is 0 Å². The highest BCUT2D eigenvalue weighted by Crippen LogP contribution is 2.36. The molecule has 0 radical (unpaired) electrons. The van der Waals surface area contributed by atoms with Gasteiger partial charge in [0.1, 0.15) is 23.1 Å². The Morgan fingerprint density at radius 1 is 0.812 bits per heavy atom. The molecule has 1 aliphatic heterocycles. The SMILES string of the molecule is COc1ccccc1COCCCOc1ccc([C@H]2[C@H](Cc3ncc[nH]3)CNC[C@@H]2OCc2cc(OC)c3ccccc3c2)cc1.Cl.Cl. The van der Waals surface area contributed by atoms with Crippen LogP contribution in [0.25, 0.3) is 10.8 Å². The molecule has 10 heteroatoms. The molecule has 0 amide bonds. The number of piperidine rings is 1. The van der Waals surface area contributed by atoms with E-state index in [1.165, 1.54) is 5.56 Å². The van der Waals surface area contributed by atoms with Gasteiger partial charge in [0.15, 0.2) is 0 Å². The first-order chi connectivity index (χ1) is 22.7. The molecule has 0 saturated carbocycles. The first-order valence-electron chi connectivity index (χ1n) is 16.0. The van der Waals surface area contributed by atoms with Crippen LogP contribution in [0.3, 0.4) is 0 Å². The second kappa shape index (κ2) is 18.7. The predicted molar refractivity (Wildman–Crippen MR) is 194 cm³/mol. The maximum Gasteiger partial charge on any atom is 0.127 e. The van der Waals surface area contributed by atoms with Crippen molar-refractivity contribution in [2.24, 2.45) is 5.92 Å². The van der Waals surface area contributed by atoms with Gasteiger partial charge in [0, 0.05) is 48.6 Å². The molecule has 256 valence electrons. The van der Waals surface area contributed by atoms with Gasteiger partial charge in [0.25, 0.3) is 0 Å². The average molecular weight is 695 g/mol. The van der Waals surface area contributed by atoms with Gasteiger partial charge < -0.3 is 34.0 Å². The van der Waals surface area contributed by atoms with Gasteiger partial charge in [-0.15, -0.1) is 24.8 Å². The van der Waals surface area contributed by atoms with Crippen LogP contribution in [0.15, 0.2) is 97.3 Å². The highest BCUT2D eigenvalue weighted by molar-refractivity contribution is 5.89. The number of aromatic amines is 1. The summed E-state index contributed by atoms with van der Waals surface area (Å²) in [6, 6.07) is 29.0. The van der Waals surface area contributed by atoms with Crippen molar-refractivity contribution in [2.45, 2.75) is 38.1 Å². The number of rotatable bonds is 15. The Morgan fingerprint density at radius 2 is 1.60 bits per heavy atom. The lowest BCUT2D eigenvalue weighted by molar-refractivity contribution is -0.00624. The molecule has 1 saturated heterocycles. The average Bonchev–Trinajstić information content (AvgIpc) is 3.62. The molecule has 5 aromatic rings. The Bertz CT molecular complexity index is 1670. The zero-order chi connectivity index (χ0) is 31.6. The summed E-state index contributed by atoms with van der Waals surface area (Å²) in [5.41, 5.74) is 3.38. The van der Waals surface area contributed by atoms with Crippen LogP contribution in [0.4, 0.5) is 0 Å². The van der Waals surface area contributed by atoms with E-state index >= 15 is 0 Å². The van der Waals surface area contributed by atoms with E-state index in [1.807, 2.05) is 42.7 Å². The molecule has 0 bridgehead atoms. The Balaban J connectivity index is 0.00000260. The molecule has 0 unspecified atom stereocenters. The van der Waals surface area contributed by atoms with Gasteiger partial charge in [0.05, 0.1) is 46.8 Å². The van der Waals surface area contributed by atoms with Gasteiger partial charge >= 0.3 is 0 Å². The topological polar surface area (TPSA) is 86.9 Å². The molecule has 2 heterocycles. The third-order valence-electron chi connectivity index (χ3n) is 8.66. The lowest BCUT2D eigenvalue weighted by Gasteiger charge is -2.39. The van der Waals surface area contributed by atoms with Crippen molar-refractivity contribution >= 4 is 35.6 Å².